The summed E-state index contributed by atoms with van der Waals surface area (Å²) in [4.78, 5) is 4.59. The van der Waals surface area contributed by atoms with E-state index in [1.54, 1.807) is 11.3 Å². The third-order valence-corrected chi connectivity index (χ3v) is 4.32. The van der Waals surface area contributed by atoms with Crippen LogP contribution in [0.3, 0.4) is 0 Å². The summed E-state index contributed by atoms with van der Waals surface area (Å²) in [6.07, 6.45) is 0. The minimum Gasteiger partial charge on any atom is -0.330 e. The Bertz CT molecular complexity index is 742. The van der Waals surface area contributed by atoms with Crippen molar-refractivity contribution in [1.82, 2.24) is 4.98 Å². The van der Waals surface area contributed by atoms with Crippen molar-refractivity contribution < 1.29 is 0 Å². The van der Waals surface area contributed by atoms with Crippen LogP contribution in [0.2, 0.25) is 5.02 Å². The van der Waals surface area contributed by atoms with Crippen LogP contribution in [0.4, 0.5) is 10.8 Å². The first-order chi connectivity index (χ1) is 9.72. The average molecular weight is 366 g/mol. The van der Waals surface area contributed by atoms with E-state index in [2.05, 4.69) is 26.2 Å². The number of hydrogen-bond donors (Lipinski definition) is 1. The predicted octanol–water partition coefficient (Wildman–Crippen LogP) is 5.97. The maximum atomic E-state index is 6.13. The maximum absolute atomic E-state index is 6.13. The van der Waals surface area contributed by atoms with Crippen LogP contribution in [0, 0.1) is 0 Å². The molecule has 0 saturated heterocycles. The summed E-state index contributed by atoms with van der Waals surface area (Å²) in [7, 11) is 0. The summed E-state index contributed by atoms with van der Waals surface area (Å²) in [6.45, 7) is 0. The second-order valence-electron chi connectivity index (χ2n) is 4.15. The zero-order chi connectivity index (χ0) is 13.9. The van der Waals surface area contributed by atoms with E-state index in [9.17, 15) is 0 Å². The van der Waals surface area contributed by atoms with Gasteiger partial charge < -0.3 is 5.32 Å². The third-order valence-electron chi connectivity index (χ3n) is 2.74. The van der Waals surface area contributed by atoms with Crippen LogP contribution in [0.1, 0.15) is 0 Å². The number of benzene rings is 2. The first kappa shape index (κ1) is 13.6. The van der Waals surface area contributed by atoms with E-state index in [0.717, 1.165) is 26.5 Å². The maximum Gasteiger partial charge on any atom is 0.187 e. The minimum atomic E-state index is 0.687. The molecule has 0 aliphatic rings. The number of thiazole rings is 1. The fourth-order valence-electron chi connectivity index (χ4n) is 1.79. The second-order valence-corrected chi connectivity index (χ2v) is 6.33. The highest BCUT2D eigenvalue weighted by Crippen LogP contribution is 2.30. The van der Waals surface area contributed by atoms with Crippen molar-refractivity contribution in [3.8, 4) is 11.3 Å². The van der Waals surface area contributed by atoms with E-state index in [0.29, 0.717) is 5.02 Å². The monoisotopic (exact) mass is 364 g/mol. The van der Waals surface area contributed by atoms with Gasteiger partial charge in [0.25, 0.3) is 0 Å². The molecule has 2 nitrogen and oxygen atoms in total. The Balaban J connectivity index is 1.86. The summed E-state index contributed by atoms with van der Waals surface area (Å²) >= 11 is 11.2. The SMILES string of the molecule is Clc1ccccc1Nc1nc(-c2cccc(Br)c2)cs1. The largest absolute Gasteiger partial charge is 0.330 e. The zero-order valence-corrected chi connectivity index (χ0v) is 13.5. The first-order valence-electron chi connectivity index (χ1n) is 5.95. The molecule has 3 aromatic rings. The fourth-order valence-corrected chi connectivity index (χ4v) is 3.10. The molecule has 1 heterocycles. The van der Waals surface area contributed by atoms with Crippen molar-refractivity contribution in [2.75, 3.05) is 5.32 Å². The lowest BCUT2D eigenvalue weighted by molar-refractivity contribution is 1.38. The van der Waals surface area contributed by atoms with Crippen molar-refractivity contribution in [2.24, 2.45) is 0 Å². The summed E-state index contributed by atoms with van der Waals surface area (Å²) < 4.78 is 1.05. The van der Waals surface area contributed by atoms with Crippen LogP contribution in [-0.2, 0) is 0 Å². The van der Waals surface area contributed by atoms with Gasteiger partial charge in [0.2, 0.25) is 0 Å². The topological polar surface area (TPSA) is 24.9 Å². The van der Waals surface area contributed by atoms with E-state index in [4.69, 9.17) is 11.6 Å². The number of halogens is 2. The Morgan fingerprint density at radius 2 is 1.95 bits per heavy atom. The molecule has 0 atom stereocenters. The number of rotatable bonds is 3. The van der Waals surface area contributed by atoms with Gasteiger partial charge in [-0.05, 0) is 24.3 Å². The van der Waals surface area contributed by atoms with Crippen LogP contribution >= 0.6 is 38.9 Å². The summed E-state index contributed by atoms with van der Waals surface area (Å²) in [5.74, 6) is 0. The van der Waals surface area contributed by atoms with Crippen LogP contribution < -0.4 is 5.32 Å². The van der Waals surface area contributed by atoms with Crippen molar-refractivity contribution in [3.63, 3.8) is 0 Å². The first-order valence-corrected chi connectivity index (χ1v) is 8.00. The highest BCUT2D eigenvalue weighted by Gasteiger charge is 2.06. The molecule has 0 fully saturated rings. The molecular weight excluding hydrogens is 356 g/mol. The Hall–Kier alpha value is -1.36. The average Bonchev–Trinajstić information content (AvgIpc) is 2.90. The molecule has 3 rings (SSSR count). The second kappa shape index (κ2) is 5.95. The van der Waals surface area contributed by atoms with Crippen LogP contribution in [-0.4, -0.2) is 4.98 Å². The van der Waals surface area contributed by atoms with Gasteiger partial charge in [0, 0.05) is 15.4 Å². The molecule has 0 bridgehead atoms. The molecule has 5 heteroatoms. The van der Waals surface area contributed by atoms with Gasteiger partial charge in [-0.1, -0.05) is 51.8 Å². The third kappa shape index (κ3) is 3.03. The van der Waals surface area contributed by atoms with Gasteiger partial charge in [-0.25, -0.2) is 4.98 Å². The Morgan fingerprint density at radius 3 is 2.75 bits per heavy atom. The van der Waals surface area contributed by atoms with Gasteiger partial charge in [0.05, 0.1) is 16.4 Å². The van der Waals surface area contributed by atoms with E-state index >= 15 is 0 Å². The predicted molar refractivity (Wildman–Crippen MR) is 90.0 cm³/mol. The standard InChI is InChI=1S/C15H10BrClN2S/c16-11-5-3-4-10(8-11)14-9-20-15(19-14)18-13-7-2-1-6-12(13)17/h1-9H,(H,18,19). The highest BCUT2D eigenvalue weighted by molar-refractivity contribution is 9.10. The molecule has 0 radical (unpaired) electrons. The number of aromatic nitrogens is 1. The van der Waals surface area contributed by atoms with Crippen LogP contribution in [0.5, 0.6) is 0 Å². The zero-order valence-electron chi connectivity index (χ0n) is 10.3. The van der Waals surface area contributed by atoms with Crippen molar-refractivity contribution in [3.05, 3.63) is 63.4 Å². The molecule has 20 heavy (non-hydrogen) atoms. The summed E-state index contributed by atoms with van der Waals surface area (Å²) in [5, 5.41) is 6.78. The van der Waals surface area contributed by atoms with Crippen molar-refractivity contribution in [1.29, 1.82) is 0 Å². The molecule has 0 aliphatic heterocycles. The normalized spacial score (nSPS) is 10.5. The lowest BCUT2D eigenvalue weighted by Gasteiger charge is -2.04. The quantitative estimate of drug-likeness (QED) is 0.618. The molecule has 0 amide bonds. The molecule has 0 saturated carbocycles. The fraction of sp³-hybridized carbons (Fsp3) is 0. The lowest BCUT2D eigenvalue weighted by Crippen LogP contribution is -1.90. The number of nitrogens with one attached hydrogen (secondary N) is 1. The number of nitrogens with zero attached hydrogens (tertiary/aromatic N) is 1. The van der Waals surface area contributed by atoms with E-state index in [1.807, 2.05) is 53.9 Å². The molecule has 1 N–H and O–H groups in total. The molecule has 0 unspecified atom stereocenters. The smallest absolute Gasteiger partial charge is 0.187 e. The van der Waals surface area contributed by atoms with Crippen molar-refractivity contribution >= 4 is 49.7 Å². The minimum absolute atomic E-state index is 0.687. The number of hydrogen-bond acceptors (Lipinski definition) is 3. The van der Waals surface area contributed by atoms with Crippen LogP contribution in [0.25, 0.3) is 11.3 Å². The molecule has 2 aromatic carbocycles. The Labute approximate surface area is 134 Å². The van der Waals surface area contributed by atoms with E-state index < -0.39 is 0 Å². The summed E-state index contributed by atoms with van der Waals surface area (Å²) in [6, 6.07) is 15.7. The molecule has 1 aromatic heterocycles. The Kier molecular flexibility index (Phi) is 4.05. The van der Waals surface area contributed by atoms with Gasteiger partial charge in [-0.2, -0.15) is 0 Å². The number of para-hydroxylation sites is 1. The molecular formula is C15H10BrClN2S. The number of anilines is 2. The van der Waals surface area contributed by atoms with Crippen molar-refractivity contribution in [2.45, 2.75) is 0 Å². The van der Waals surface area contributed by atoms with E-state index in [-0.39, 0.29) is 0 Å². The van der Waals surface area contributed by atoms with Gasteiger partial charge in [-0.15, -0.1) is 11.3 Å². The lowest BCUT2D eigenvalue weighted by atomic mass is 10.2. The molecule has 0 spiro atoms. The van der Waals surface area contributed by atoms with Gasteiger partial charge in [0.1, 0.15) is 0 Å². The summed E-state index contributed by atoms with van der Waals surface area (Å²) in [5.41, 5.74) is 2.90. The Morgan fingerprint density at radius 1 is 1.10 bits per heavy atom. The van der Waals surface area contributed by atoms with Gasteiger partial charge >= 0.3 is 0 Å². The molecule has 0 aliphatic carbocycles. The van der Waals surface area contributed by atoms with Crippen LogP contribution in [0.15, 0.2) is 58.4 Å². The van der Waals surface area contributed by atoms with Gasteiger partial charge in [0.15, 0.2) is 5.13 Å². The van der Waals surface area contributed by atoms with Gasteiger partial charge in [-0.3, -0.25) is 0 Å². The van der Waals surface area contributed by atoms with E-state index in [1.165, 1.54) is 0 Å². The highest BCUT2D eigenvalue weighted by atomic mass is 79.9. The molecule has 100 valence electrons.